The summed E-state index contributed by atoms with van der Waals surface area (Å²) in [6.07, 6.45) is 0. The summed E-state index contributed by atoms with van der Waals surface area (Å²) < 4.78 is 5.76. The van der Waals surface area contributed by atoms with Gasteiger partial charge in [0.05, 0.1) is 22.4 Å². The lowest BCUT2D eigenvalue weighted by Crippen LogP contribution is -2.32. The molecule has 0 spiro atoms. The van der Waals surface area contributed by atoms with Crippen molar-refractivity contribution in [2.24, 2.45) is 0 Å². The van der Waals surface area contributed by atoms with Crippen LogP contribution in [0.1, 0.15) is 24.2 Å². The summed E-state index contributed by atoms with van der Waals surface area (Å²) in [5.41, 5.74) is 6.15. The Kier molecular flexibility index (Phi) is 7.89. The van der Waals surface area contributed by atoms with Crippen molar-refractivity contribution < 1.29 is 9.53 Å². The molecule has 1 amide bonds. The fourth-order valence-corrected chi connectivity index (χ4v) is 4.61. The summed E-state index contributed by atoms with van der Waals surface area (Å²) in [6, 6.07) is 32.5. The molecule has 0 unspecified atom stereocenters. The Labute approximate surface area is 233 Å². The van der Waals surface area contributed by atoms with E-state index in [1.165, 1.54) is 0 Å². The number of fused-ring (bicyclic) bond motifs is 1. The minimum Gasteiger partial charge on any atom is -0.432 e. The van der Waals surface area contributed by atoms with Crippen LogP contribution in [0.3, 0.4) is 0 Å². The van der Waals surface area contributed by atoms with Gasteiger partial charge in [0.2, 0.25) is 0 Å². The monoisotopic (exact) mass is 532 g/mol. The van der Waals surface area contributed by atoms with Crippen molar-refractivity contribution in [3.8, 4) is 28.3 Å². The average molecular weight is 533 g/mol. The van der Waals surface area contributed by atoms with Crippen LogP contribution in [0.4, 0.5) is 5.69 Å². The zero-order valence-electron chi connectivity index (χ0n) is 21.8. The zero-order valence-corrected chi connectivity index (χ0v) is 22.6. The van der Waals surface area contributed by atoms with Crippen molar-refractivity contribution in [2.45, 2.75) is 13.8 Å². The number of hydrogen-bond acceptors (Lipinski definition) is 5. The first-order valence-corrected chi connectivity index (χ1v) is 13.3. The van der Waals surface area contributed by atoms with Gasteiger partial charge in [0.15, 0.2) is 0 Å². The maximum atomic E-state index is 13.0. The molecule has 0 saturated carbocycles. The first-order chi connectivity index (χ1) is 19.1. The van der Waals surface area contributed by atoms with Crippen molar-refractivity contribution in [2.75, 3.05) is 18.4 Å². The van der Waals surface area contributed by atoms with Crippen LogP contribution < -0.4 is 10.1 Å². The number of aromatic nitrogens is 2. The largest absolute Gasteiger partial charge is 0.432 e. The number of carbonyl (C=O) groups excluding carboxylic acids is 1. The van der Waals surface area contributed by atoms with E-state index in [2.05, 4.69) is 5.32 Å². The number of rotatable bonds is 7. The average Bonchev–Trinajstić information content (AvgIpc) is 2.98. The summed E-state index contributed by atoms with van der Waals surface area (Å²) in [5.74, 6) is 0.358. The molecule has 5 rings (SSSR count). The van der Waals surface area contributed by atoms with Gasteiger partial charge in [-0.05, 0) is 68.5 Å². The van der Waals surface area contributed by atoms with Crippen LogP contribution in [0, 0.1) is 0 Å². The van der Waals surface area contributed by atoms with E-state index < -0.39 is 0 Å². The summed E-state index contributed by atoms with van der Waals surface area (Å²) >= 11 is 5.35. The lowest BCUT2D eigenvalue weighted by molar-refractivity contribution is 0.102. The third kappa shape index (κ3) is 5.94. The number of benzene rings is 4. The fourth-order valence-electron chi connectivity index (χ4n) is 4.25. The molecule has 7 heteroatoms. The van der Waals surface area contributed by atoms with Gasteiger partial charge in [0, 0.05) is 35.5 Å². The standard InChI is InChI=1S/C32H28N4O2S/c1-3-36(4-2)32(39)38-26-18-15-24(16-19-26)31(37)33-25-17-20-27-28(21-25)35-30(23-13-9-6-10-14-23)29(34-27)22-11-7-5-8-12-22/h5-21H,3-4H2,1-2H3,(H,33,37). The molecule has 194 valence electrons. The Balaban J connectivity index is 1.39. The molecular weight excluding hydrogens is 504 g/mol. The van der Waals surface area contributed by atoms with E-state index >= 15 is 0 Å². The number of amides is 1. The lowest BCUT2D eigenvalue weighted by atomic mass is 10.0. The van der Waals surface area contributed by atoms with Gasteiger partial charge < -0.3 is 15.0 Å². The number of nitrogens with zero attached hydrogens (tertiary/aromatic N) is 3. The van der Waals surface area contributed by atoms with Crippen molar-refractivity contribution in [3.63, 3.8) is 0 Å². The summed E-state index contributed by atoms with van der Waals surface area (Å²) in [5, 5.41) is 3.39. The molecule has 4 aromatic carbocycles. The molecule has 0 bridgehead atoms. The normalized spacial score (nSPS) is 10.7. The molecular formula is C32H28N4O2S. The van der Waals surface area contributed by atoms with Gasteiger partial charge in [-0.25, -0.2) is 9.97 Å². The third-order valence-corrected chi connectivity index (χ3v) is 6.70. The second kappa shape index (κ2) is 11.8. The highest BCUT2D eigenvalue weighted by Crippen LogP contribution is 2.31. The van der Waals surface area contributed by atoms with E-state index in [4.69, 9.17) is 26.9 Å². The molecule has 5 aromatic rings. The van der Waals surface area contributed by atoms with Crippen molar-refractivity contribution in [1.82, 2.24) is 14.9 Å². The van der Waals surface area contributed by atoms with Crippen LogP contribution in [0.5, 0.6) is 5.75 Å². The molecule has 1 heterocycles. The zero-order chi connectivity index (χ0) is 27.2. The molecule has 1 N–H and O–H groups in total. The Morgan fingerprint density at radius 1 is 0.769 bits per heavy atom. The van der Waals surface area contributed by atoms with E-state index in [1.54, 1.807) is 24.3 Å². The quantitative estimate of drug-likeness (QED) is 0.223. The highest BCUT2D eigenvalue weighted by atomic mass is 32.1. The van der Waals surface area contributed by atoms with Gasteiger partial charge in [-0.3, -0.25) is 4.79 Å². The molecule has 1 aromatic heterocycles. The van der Waals surface area contributed by atoms with Crippen LogP contribution in [0.2, 0.25) is 0 Å². The second-order valence-electron chi connectivity index (χ2n) is 8.88. The van der Waals surface area contributed by atoms with E-state index in [0.29, 0.717) is 27.7 Å². The Morgan fingerprint density at radius 2 is 1.33 bits per heavy atom. The predicted octanol–water partition coefficient (Wildman–Crippen LogP) is 7.22. The second-order valence-corrected chi connectivity index (χ2v) is 9.22. The van der Waals surface area contributed by atoms with Crippen LogP contribution in [-0.2, 0) is 0 Å². The number of anilines is 1. The van der Waals surface area contributed by atoms with Gasteiger partial charge >= 0.3 is 0 Å². The van der Waals surface area contributed by atoms with Gasteiger partial charge in [-0.15, -0.1) is 0 Å². The molecule has 0 aliphatic carbocycles. The van der Waals surface area contributed by atoms with Crippen molar-refractivity contribution in [1.29, 1.82) is 0 Å². The van der Waals surface area contributed by atoms with Gasteiger partial charge in [0.25, 0.3) is 11.1 Å². The van der Waals surface area contributed by atoms with Gasteiger partial charge in [-0.2, -0.15) is 0 Å². The van der Waals surface area contributed by atoms with Gasteiger partial charge in [-0.1, -0.05) is 60.7 Å². The van der Waals surface area contributed by atoms with E-state index in [0.717, 1.165) is 41.1 Å². The third-order valence-electron chi connectivity index (χ3n) is 6.36. The topological polar surface area (TPSA) is 67.3 Å². The van der Waals surface area contributed by atoms with Gasteiger partial charge in [0.1, 0.15) is 5.75 Å². The first-order valence-electron chi connectivity index (χ1n) is 12.9. The van der Waals surface area contributed by atoms with Crippen LogP contribution in [-0.4, -0.2) is 39.0 Å². The molecule has 0 aliphatic rings. The summed E-state index contributed by atoms with van der Waals surface area (Å²) in [4.78, 5) is 24.9. The number of nitrogens with one attached hydrogen (secondary N) is 1. The fraction of sp³-hybridized carbons (Fsp3) is 0.125. The number of hydrogen-bond donors (Lipinski definition) is 1. The van der Waals surface area contributed by atoms with Crippen molar-refractivity contribution in [3.05, 3.63) is 109 Å². The molecule has 0 atom stereocenters. The van der Waals surface area contributed by atoms with Crippen LogP contribution in [0.25, 0.3) is 33.5 Å². The Hall–Kier alpha value is -4.62. The van der Waals surface area contributed by atoms with Crippen LogP contribution >= 0.6 is 12.2 Å². The summed E-state index contributed by atoms with van der Waals surface area (Å²) in [7, 11) is 0. The maximum Gasteiger partial charge on any atom is 0.264 e. The molecule has 0 aliphatic heterocycles. The molecule has 0 fully saturated rings. The molecule has 0 radical (unpaired) electrons. The highest BCUT2D eigenvalue weighted by Gasteiger charge is 2.15. The highest BCUT2D eigenvalue weighted by molar-refractivity contribution is 7.80. The number of carbonyl (C=O) groups is 1. The Bertz CT molecular complexity index is 1600. The van der Waals surface area contributed by atoms with Crippen LogP contribution in [0.15, 0.2) is 103 Å². The number of ether oxygens (including phenoxy) is 1. The molecule has 0 saturated heterocycles. The minimum atomic E-state index is -0.232. The van der Waals surface area contributed by atoms with Crippen molar-refractivity contribution >= 4 is 40.0 Å². The van der Waals surface area contributed by atoms with E-state index in [1.807, 2.05) is 97.6 Å². The minimum absolute atomic E-state index is 0.232. The maximum absolute atomic E-state index is 13.0. The predicted molar refractivity (Wildman–Crippen MR) is 161 cm³/mol. The summed E-state index contributed by atoms with van der Waals surface area (Å²) in [6.45, 7) is 5.59. The smallest absolute Gasteiger partial charge is 0.264 e. The Morgan fingerprint density at radius 3 is 1.90 bits per heavy atom. The van der Waals surface area contributed by atoms with E-state index in [9.17, 15) is 4.79 Å². The lowest BCUT2D eigenvalue weighted by Gasteiger charge is -2.21. The number of thiocarbonyl (C=S) groups is 1. The van der Waals surface area contributed by atoms with E-state index in [-0.39, 0.29) is 5.91 Å². The first kappa shape index (κ1) is 26.0. The molecule has 6 nitrogen and oxygen atoms in total. The molecule has 39 heavy (non-hydrogen) atoms. The SMILES string of the molecule is CCN(CC)C(=S)Oc1ccc(C(=O)Nc2ccc3nc(-c4ccccc4)c(-c4ccccc4)nc3c2)cc1.